The van der Waals surface area contributed by atoms with Gasteiger partial charge in [0.05, 0.1) is 20.3 Å². The third kappa shape index (κ3) is 5.42. The molecule has 2 aromatic carbocycles. The quantitative estimate of drug-likeness (QED) is 0.256. The van der Waals surface area contributed by atoms with E-state index in [0.29, 0.717) is 23.3 Å². The highest BCUT2D eigenvalue weighted by molar-refractivity contribution is 6.11. The fourth-order valence-electron chi connectivity index (χ4n) is 6.00. The number of hydrogen-bond acceptors (Lipinski definition) is 6. The fourth-order valence-corrected chi connectivity index (χ4v) is 6.00. The van der Waals surface area contributed by atoms with Gasteiger partial charge in [0.15, 0.2) is 0 Å². The van der Waals surface area contributed by atoms with E-state index in [1.165, 1.54) is 11.8 Å². The van der Waals surface area contributed by atoms with Crippen molar-refractivity contribution in [1.29, 1.82) is 0 Å². The number of Topliss-reactive ketones (excluding diaryl/α,β-unsaturated/α-hetero) is 1. The average Bonchev–Trinajstić information content (AvgIpc) is 2.89. The van der Waals surface area contributed by atoms with Gasteiger partial charge in [0.2, 0.25) is 5.91 Å². The molecule has 7 nitrogen and oxygen atoms in total. The SMILES string of the molecule is COc1ccc(C(c2ccc(OC)cc2)N2C(=O)C(C(C)=O)C2C(=O)OC2CC(C)CCC2C(C)C)cc1. The summed E-state index contributed by atoms with van der Waals surface area (Å²) in [7, 11) is 3.18. The first-order valence-electron chi connectivity index (χ1n) is 13.5. The summed E-state index contributed by atoms with van der Waals surface area (Å²) in [6, 6.07) is 13.2. The van der Waals surface area contributed by atoms with Crippen LogP contribution in [0.3, 0.4) is 0 Å². The molecule has 1 heterocycles. The Labute approximate surface area is 225 Å². The summed E-state index contributed by atoms with van der Waals surface area (Å²) in [4.78, 5) is 41.4. The Morgan fingerprint density at radius 2 is 1.42 bits per heavy atom. The number of likely N-dealkylation sites (tertiary alicyclic amines) is 1. The van der Waals surface area contributed by atoms with Gasteiger partial charge >= 0.3 is 5.97 Å². The number of benzene rings is 2. The van der Waals surface area contributed by atoms with Crippen molar-refractivity contribution in [2.75, 3.05) is 14.2 Å². The van der Waals surface area contributed by atoms with E-state index in [2.05, 4.69) is 20.8 Å². The minimum Gasteiger partial charge on any atom is -0.497 e. The number of esters is 1. The van der Waals surface area contributed by atoms with Gasteiger partial charge in [0, 0.05) is 0 Å². The number of amides is 1. The first kappa shape index (κ1) is 27.7. The summed E-state index contributed by atoms with van der Waals surface area (Å²) < 4.78 is 16.8. The topological polar surface area (TPSA) is 82.1 Å². The molecule has 0 radical (unpaired) electrons. The third-order valence-electron chi connectivity index (χ3n) is 8.19. The third-order valence-corrected chi connectivity index (χ3v) is 8.19. The zero-order valence-electron chi connectivity index (χ0n) is 23.2. The highest BCUT2D eigenvalue weighted by atomic mass is 16.5. The smallest absolute Gasteiger partial charge is 0.330 e. The van der Waals surface area contributed by atoms with Crippen LogP contribution in [0.5, 0.6) is 11.5 Å². The summed E-state index contributed by atoms with van der Waals surface area (Å²) in [6.45, 7) is 7.86. The van der Waals surface area contributed by atoms with Gasteiger partial charge in [-0.05, 0) is 72.9 Å². The van der Waals surface area contributed by atoms with Gasteiger partial charge < -0.3 is 19.1 Å². The molecule has 1 amide bonds. The Morgan fingerprint density at radius 1 is 0.895 bits per heavy atom. The minimum absolute atomic E-state index is 0.225. The molecule has 204 valence electrons. The largest absolute Gasteiger partial charge is 0.497 e. The molecule has 5 unspecified atom stereocenters. The van der Waals surface area contributed by atoms with E-state index in [-0.39, 0.29) is 23.7 Å². The average molecular weight is 522 g/mol. The maximum Gasteiger partial charge on any atom is 0.330 e. The van der Waals surface area contributed by atoms with Crippen LogP contribution in [0.2, 0.25) is 0 Å². The van der Waals surface area contributed by atoms with Gasteiger partial charge in [-0.1, -0.05) is 51.5 Å². The Kier molecular flexibility index (Phi) is 8.44. The number of hydrogen-bond donors (Lipinski definition) is 0. The molecule has 5 atom stereocenters. The predicted octanol–water partition coefficient (Wildman–Crippen LogP) is 5.21. The molecule has 1 saturated carbocycles. The summed E-state index contributed by atoms with van der Waals surface area (Å²) in [5.74, 6) is 0.214. The van der Waals surface area contributed by atoms with Gasteiger partial charge in [0.1, 0.15) is 35.3 Å². The van der Waals surface area contributed by atoms with Crippen molar-refractivity contribution in [2.24, 2.45) is 23.7 Å². The van der Waals surface area contributed by atoms with E-state index in [0.717, 1.165) is 30.4 Å². The number of ketones is 1. The molecule has 4 rings (SSSR count). The summed E-state index contributed by atoms with van der Waals surface area (Å²) >= 11 is 0. The lowest BCUT2D eigenvalue weighted by Gasteiger charge is -2.49. The molecule has 1 aliphatic heterocycles. The highest BCUT2D eigenvalue weighted by Crippen LogP contribution is 2.43. The van der Waals surface area contributed by atoms with Crippen molar-refractivity contribution in [1.82, 2.24) is 4.90 Å². The van der Waals surface area contributed by atoms with E-state index in [1.807, 2.05) is 48.5 Å². The van der Waals surface area contributed by atoms with Crippen LogP contribution in [0.4, 0.5) is 0 Å². The van der Waals surface area contributed by atoms with Gasteiger partial charge in [-0.15, -0.1) is 0 Å². The predicted molar refractivity (Wildman–Crippen MR) is 144 cm³/mol. The molecule has 7 heteroatoms. The monoisotopic (exact) mass is 521 g/mol. The molecule has 2 fully saturated rings. The van der Waals surface area contributed by atoms with Crippen molar-refractivity contribution in [3.05, 3.63) is 59.7 Å². The Hall–Kier alpha value is -3.35. The molecule has 0 aromatic heterocycles. The first-order chi connectivity index (χ1) is 18.2. The normalized spacial score (nSPS) is 25.2. The zero-order valence-corrected chi connectivity index (χ0v) is 23.2. The van der Waals surface area contributed by atoms with Crippen LogP contribution in [-0.4, -0.2) is 48.9 Å². The Morgan fingerprint density at radius 3 is 1.87 bits per heavy atom. The van der Waals surface area contributed by atoms with E-state index in [4.69, 9.17) is 14.2 Å². The second-order valence-electron chi connectivity index (χ2n) is 11.0. The lowest BCUT2D eigenvalue weighted by atomic mass is 9.75. The lowest BCUT2D eigenvalue weighted by molar-refractivity contribution is -0.185. The fraction of sp³-hybridized carbons (Fsp3) is 0.516. The Bertz CT molecular complexity index is 1090. The van der Waals surface area contributed by atoms with Crippen LogP contribution in [0.15, 0.2) is 48.5 Å². The van der Waals surface area contributed by atoms with Gasteiger partial charge in [-0.25, -0.2) is 4.79 Å². The molecular weight excluding hydrogens is 482 g/mol. The van der Waals surface area contributed by atoms with E-state index < -0.39 is 24.0 Å². The van der Waals surface area contributed by atoms with Crippen molar-refractivity contribution in [3.63, 3.8) is 0 Å². The van der Waals surface area contributed by atoms with E-state index in [9.17, 15) is 14.4 Å². The van der Waals surface area contributed by atoms with Crippen LogP contribution in [0.1, 0.15) is 64.1 Å². The zero-order chi connectivity index (χ0) is 27.6. The van der Waals surface area contributed by atoms with Gasteiger partial charge in [0.25, 0.3) is 0 Å². The minimum atomic E-state index is -1.04. The van der Waals surface area contributed by atoms with Crippen molar-refractivity contribution in [2.45, 2.75) is 65.1 Å². The number of β-lactam (4-membered cyclic amide) rings is 1. The Balaban J connectivity index is 1.71. The van der Waals surface area contributed by atoms with E-state index in [1.54, 1.807) is 14.2 Å². The molecule has 0 N–H and O–H groups in total. The van der Waals surface area contributed by atoms with Crippen LogP contribution < -0.4 is 9.47 Å². The maximum absolute atomic E-state index is 13.8. The second-order valence-corrected chi connectivity index (χ2v) is 11.0. The maximum atomic E-state index is 13.8. The molecule has 1 aliphatic carbocycles. The van der Waals surface area contributed by atoms with Crippen LogP contribution in [0, 0.1) is 23.7 Å². The van der Waals surface area contributed by atoms with E-state index >= 15 is 0 Å². The number of carbonyl (C=O) groups excluding carboxylic acids is 3. The molecule has 2 aliphatic rings. The van der Waals surface area contributed by atoms with Crippen molar-refractivity contribution in [3.8, 4) is 11.5 Å². The number of carbonyl (C=O) groups is 3. The molecule has 0 bridgehead atoms. The summed E-state index contributed by atoms with van der Waals surface area (Å²) in [5, 5.41) is 0. The molecule has 1 saturated heterocycles. The van der Waals surface area contributed by atoms with Crippen molar-refractivity contribution >= 4 is 17.7 Å². The molecular formula is C31H39NO6. The standard InChI is InChI=1S/C31H39NO6/c1-18(2)25-16-7-19(3)17-26(25)38-31(35)29-27(20(4)33)30(34)32(29)28(21-8-12-23(36-5)13-9-21)22-10-14-24(37-6)15-11-22/h8-15,18-19,25-29H,7,16-17H2,1-6H3. The number of ether oxygens (including phenoxy) is 3. The second kappa shape index (κ2) is 11.6. The first-order valence-corrected chi connectivity index (χ1v) is 13.5. The number of rotatable bonds is 9. The summed E-state index contributed by atoms with van der Waals surface area (Å²) in [6.07, 6.45) is 2.68. The van der Waals surface area contributed by atoms with Crippen LogP contribution >= 0.6 is 0 Å². The number of methoxy groups -OCH3 is 2. The summed E-state index contributed by atoms with van der Waals surface area (Å²) in [5.41, 5.74) is 1.60. The molecule has 2 aromatic rings. The van der Waals surface area contributed by atoms with Crippen LogP contribution in [0.25, 0.3) is 0 Å². The lowest BCUT2D eigenvalue weighted by Crippen LogP contribution is -2.68. The van der Waals surface area contributed by atoms with Crippen LogP contribution in [-0.2, 0) is 19.1 Å². The molecule has 38 heavy (non-hydrogen) atoms. The highest BCUT2D eigenvalue weighted by Gasteiger charge is 2.58. The number of nitrogens with zero attached hydrogens (tertiary/aromatic N) is 1. The molecule has 0 spiro atoms. The van der Waals surface area contributed by atoms with Gasteiger partial charge in [-0.3, -0.25) is 9.59 Å². The van der Waals surface area contributed by atoms with Crippen molar-refractivity contribution < 1.29 is 28.6 Å². The van der Waals surface area contributed by atoms with Gasteiger partial charge in [-0.2, -0.15) is 0 Å².